The van der Waals surface area contributed by atoms with Gasteiger partial charge in [0.05, 0.1) is 5.56 Å². The lowest BCUT2D eigenvalue weighted by Crippen LogP contribution is -2.40. The fraction of sp³-hybridized carbons (Fsp3) is 0.333. The third kappa shape index (κ3) is 3.35. The number of hydrogen-bond acceptors (Lipinski definition) is 4. The van der Waals surface area contributed by atoms with Gasteiger partial charge in [-0.25, -0.2) is 0 Å². The van der Waals surface area contributed by atoms with Crippen molar-refractivity contribution < 1.29 is 14.3 Å². The van der Waals surface area contributed by atoms with Gasteiger partial charge in [0.2, 0.25) is 0 Å². The van der Waals surface area contributed by atoms with Crippen molar-refractivity contribution >= 4 is 17.5 Å². The zero-order valence-electron chi connectivity index (χ0n) is 15.4. The average molecular weight is 365 g/mol. The summed E-state index contributed by atoms with van der Waals surface area (Å²) in [6, 6.07) is 15.0. The molecule has 1 fully saturated rings. The number of carbonyl (C=O) groups is 2. The van der Waals surface area contributed by atoms with E-state index in [1.807, 2.05) is 53.4 Å². The maximum Gasteiger partial charge on any atom is 0.260 e. The van der Waals surface area contributed by atoms with E-state index < -0.39 is 0 Å². The molecule has 27 heavy (non-hydrogen) atoms. The van der Waals surface area contributed by atoms with Crippen LogP contribution in [0, 0.1) is 0 Å². The lowest BCUT2D eigenvalue weighted by molar-refractivity contribution is -0.132. The van der Waals surface area contributed by atoms with Gasteiger partial charge in [-0.1, -0.05) is 30.3 Å². The molecule has 1 saturated heterocycles. The minimum absolute atomic E-state index is 0.00804. The number of rotatable bonds is 4. The Kier molecular flexibility index (Phi) is 4.71. The minimum Gasteiger partial charge on any atom is -0.483 e. The number of nitrogens with zero attached hydrogens (tertiary/aromatic N) is 2. The van der Waals surface area contributed by atoms with Gasteiger partial charge < -0.3 is 19.9 Å². The summed E-state index contributed by atoms with van der Waals surface area (Å²) in [5.74, 6) is 0.576. The van der Waals surface area contributed by atoms with E-state index in [2.05, 4.69) is 5.32 Å². The molecule has 2 heterocycles. The molecule has 0 aromatic heterocycles. The summed E-state index contributed by atoms with van der Waals surface area (Å²) in [6.45, 7) is 1.63. The number of hydrogen-bond donors (Lipinski definition) is 1. The number of benzene rings is 2. The molecule has 0 bridgehead atoms. The van der Waals surface area contributed by atoms with Crippen LogP contribution in [0.5, 0.6) is 5.75 Å². The molecule has 1 atom stereocenters. The standard InChI is InChI=1S/C21H23N3O3/c1-23-20(22-17-10-4-2-8-15(17)21(23)26)16-9-3-5-11-18(16)27-14-19(25)24-12-6-7-13-24/h2-5,8-11,20,22H,6-7,12-14H2,1H3/t20-/m1/s1. The van der Waals surface area contributed by atoms with Crippen molar-refractivity contribution in [2.24, 2.45) is 0 Å². The lowest BCUT2D eigenvalue weighted by Gasteiger charge is -2.36. The Hall–Kier alpha value is -3.02. The maximum atomic E-state index is 12.7. The zero-order chi connectivity index (χ0) is 18.8. The van der Waals surface area contributed by atoms with Gasteiger partial charge in [0.1, 0.15) is 11.9 Å². The topological polar surface area (TPSA) is 61.9 Å². The number of ether oxygens (including phenoxy) is 1. The number of para-hydroxylation sites is 2. The van der Waals surface area contributed by atoms with Crippen LogP contribution in [0.1, 0.15) is 34.9 Å². The van der Waals surface area contributed by atoms with E-state index in [0.29, 0.717) is 11.3 Å². The molecule has 0 aliphatic carbocycles. The van der Waals surface area contributed by atoms with Gasteiger partial charge >= 0.3 is 0 Å². The Bertz CT molecular complexity index is 861. The third-order valence-corrected chi connectivity index (χ3v) is 5.18. The molecule has 2 aromatic rings. The molecule has 6 heteroatoms. The molecular weight excluding hydrogens is 342 g/mol. The van der Waals surface area contributed by atoms with Gasteiger partial charge in [-0.05, 0) is 31.0 Å². The Morgan fingerprint density at radius 2 is 1.81 bits per heavy atom. The lowest BCUT2D eigenvalue weighted by atomic mass is 10.0. The van der Waals surface area contributed by atoms with Crippen LogP contribution in [-0.2, 0) is 4.79 Å². The quantitative estimate of drug-likeness (QED) is 0.905. The Balaban J connectivity index is 1.56. The highest BCUT2D eigenvalue weighted by molar-refractivity contribution is 6.01. The van der Waals surface area contributed by atoms with Gasteiger partial charge in [-0.3, -0.25) is 9.59 Å². The van der Waals surface area contributed by atoms with Crippen molar-refractivity contribution in [2.75, 3.05) is 32.1 Å². The van der Waals surface area contributed by atoms with Gasteiger partial charge in [0.25, 0.3) is 11.8 Å². The molecule has 140 valence electrons. The van der Waals surface area contributed by atoms with Crippen LogP contribution in [0.15, 0.2) is 48.5 Å². The molecule has 6 nitrogen and oxygen atoms in total. The first-order chi connectivity index (χ1) is 13.1. The summed E-state index contributed by atoms with van der Waals surface area (Å²) in [5.41, 5.74) is 2.28. The molecule has 4 rings (SSSR count). The molecular formula is C21H23N3O3. The van der Waals surface area contributed by atoms with Crippen LogP contribution in [0.3, 0.4) is 0 Å². The van der Waals surface area contributed by atoms with E-state index in [9.17, 15) is 9.59 Å². The maximum absolute atomic E-state index is 12.7. The number of likely N-dealkylation sites (tertiary alicyclic amines) is 1. The van der Waals surface area contributed by atoms with Crippen molar-refractivity contribution in [1.29, 1.82) is 0 Å². The van der Waals surface area contributed by atoms with E-state index in [4.69, 9.17) is 4.74 Å². The molecule has 2 amide bonds. The first kappa shape index (κ1) is 17.4. The number of carbonyl (C=O) groups excluding carboxylic acids is 2. The molecule has 2 aliphatic heterocycles. The van der Waals surface area contributed by atoms with Crippen molar-refractivity contribution in [3.63, 3.8) is 0 Å². The van der Waals surface area contributed by atoms with E-state index in [-0.39, 0.29) is 24.6 Å². The highest BCUT2D eigenvalue weighted by atomic mass is 16.5. The average Bonchev–Trinajstić information content (AvgIpc) is 3.24. The van der Waals surface area contributed by atoms with Crippen molar-refractivity contribution in [1.82, 2.24) is 9.80 Å². The predicted molar refractivity (Wildman–Crippen MR) is 103 cm³/mol. The number of fused-ring (bicyclic) bond motifs is 1. The summed E-state index contributed by atoms with van der Waals surface area (Å²) in [6.07, 6.45) is 1.76. The van der Waals surface area contributed by atoms with Gasteiger partial charge in [0.15, 0.2) is 6.61 Å². The molecule has 0 saturated carbocycles. The fourth-order valence-electron chi connectivity index (χ4n) is 3.67. The van der Waals surface area contributed by atoms with Crippen molar-refractivity contribution in [3.8, 4) is 5.75 Å². The summed E-state index contributed by atoms with van der Waals surface area (Å²) in [5, 5.41) is 3.41. The van der Waals surface area contributed by atoms with Crippen LogP contribution >= 0.6 is 0 Å². The molecule has 0 unspecified atom stereocenters. The summed E-state index contributed by atoms with van der Waals surface area (Å²) in [4.78, 5) is 28.5. The van der Waals surface area contributed by atoms with Crippen LogP contribution < -0.4 is 10.1 Å². The second-order valence-electron chi connectivity index (χ2n) is 6.92. The Morgan fingerprint density at radius 1 is 1.11 bits per heavy atom. The SMILES string of the molecule is CN1C(=O)c2ccccc2N[C@H]1c1ccccc1OCC(=O)N1CCCC1. The van der Waals surface area contributed by atoms with Crippen LogP contribution in [0.2, 0.25) is 0 Å². The van der Waals surface area contributed by atoms with Crippen LogP contribution in [-0.4, -0.2) is 48.4 Å². The first-order valence-corrected chi connectivity index (χ1v) is 9.27. The van der Waals surface area contributed by atoms with E-state index in [0.717, 1.165) is 37.2 Å². The number of nitrogens with one attached hydrogen (secondary N) is 1. The molecule has 0 radical (unpaired) electrons. The Labute approximate surface area is 158 Å². The summed E-state index contributed by atoms with van der Waals surface area (Å²) < 4.78 is 5.87. The molecule has 1 N–H and O–H groups in total. The minimum atomic E-state index is -0.356. The summed E-state index contributed by atoms with van der Waals surface area (Å²) >= 11 is 0. The predicted octanol–water partition coefficient (Wildman–Crippen LogP) is 2.88. The van der Waals surface area contributed by atoms with Crippen LogP contribution in [0.25, 0.3) is 0 Å². The van der Waals surface area contributed by atoms with E-state index in [1.165, 1.54) is 0 Å². The number of amides is 2. The smallest absolute Gasteiger partial charge is 0.260 e. The zero-order valence-corrected chi connectivity index (χ0v) is 15.4. The molecule has 2 aromatic carbocycles. The van der Waals surface area contributed by atoms with E-state index >= 15 is 0 Å². The van der Waals surface area contributed by atoms with Crippen molar-refractivity contribution in [2.45, 2.75) is 19.0 Å². The second kappa shape index (κ2) is 7.31. The monoisotopic (exact) mass is 365 g/mol. The summed E-state index contributed by atoms with van der Waals surface area (Å²) in [7, 11) is 1.77. The molecule has 0 spiro atoms. The van der Waals surface area contributed by atoms with Gasteiger partial charge in [-0.15, -0.1) is 0 Å². The largest absolute Gasteiger partial charge is 0.483 e. The normalized spacial score (nSPS) is 18.9. The highest BCUT2D eigenvalue weighted by Gasteiger charge is 2.31. The van der Waals surface area contributed by atoms with E-state index in [1.54, 1.807) is 11.9 Å². The van der Waals surface area contributed by atoms with Crippen LogP contribution in [0.4, 0.5) is 5.69 Å². The second-order valence-corrected chi connectivity index (χ2v) is 6.92. The van der Waals surface area contributed by atoms with Gasteiger partial charge in [0, 0.05) is 31.4 Å². The highest BCUT2D eigenvalue weighted by Crippen LogP contribution is 2.35. The van der Waals surface area contributed by atoms with Crippen molar-refractivity contribution in [3.05, 3.63) is 59.7 Å². The van der Waals surface area contributed by atoms with Gasteiger partial charge in [-0.2, -0.15) is 0 Å². The number of anilines is 1. The third-order valence-electron chi connectivity index (χ3n) is 5.18. The first-order valence-electron chi connectivity index (χ1n) is 9.27. The Morgan fingerprint density at radius 3 is 2.63 bits per heavy atom. The molecule has 2 aliphatic rings. The fourth-order valence-corrected chi connectivity index (χ4v) is 3.67.